The highest BCUT2D eigenvalue weighted by molar-refractivity contribution is 5.94. The van der Waals surface area contributed by atoms with Crippen LogP contribution in [-0.2, 0) is 6.61 Å². The van der Waals surface area contributed by atoms with Crippen molar-refractivity contribution < 1.29 is 14.3 Å². The van der Waals surface area contributed by atoms with Gasteiger partial charge >= 0.3 is 0 Å². The van der Waals surface area contributed by atoms with Gasteiger partial charge in [0.15, 0.2) is 0 Å². The Bertz CT molecular complexity index is 989. The SMILES string of the molecule is Cc1ccc(OCc2cccc(C(=O)N3CCCC(COc4ccccc4)C3)c2)cn1. The first-order chi connectivity index (χ1) is 15.2. The first kappa shape index (κ1) is 20.9. The Morgan fingerprint density at radius 3 is 2.71 bits per heavy atom. The van der Waals surface area contributed by atoms with Crippen molar-refractivity contribution in [3.63, 3.8) is 0 Å². The summed E-state index contributed by atoms with van der Waals surface area (Å²) in [5.41, 5.74) is 2.62. The lowest BCUT2D eigenvalue weighted by Crippen LogP contribution is -2.41. The van der Waals surface area contributed by atoms with E-state index in [0.717, 1.165) is 48.7 Å². The van der Waals surface area contributed by atoms with Crippen LogP contribution in [0.2, 0.25) is 0 Å². The highest BCUT2D eigenvalue weighted by Gasteiger charge is 2.25. The van der Waals surface area contributed by atoms with Crippen LogP contribution in [0.3, 0.4) is 0 Å². The monoisotopic (exact) mass is 416 g/mol. The summed E-state index contributed by atoms with van der Waals surface area (Å²) in [6.45, 7) is 4.49. The molecule has 1 aromatic heterocycles. The fourth-order valence-electron chi connectivity index (χ4n) is 3.80. The minimum absolute atomic E-state index is 0.0725. The summed E-state index contributed by atoms with van der Waals surface area (Å²) in [4.78, 5) is 19.3. The summed E-state index contributed by atoms with van der Waals surface area (Å²) in [6.07, 6.45) is 3.79. The number of aryl methyl sites for hydroxylation is 1. The van der Waals surface area contributed by atoms with Gasteiger partial charge in [0.2, 0.25) is 0 Å². The summed E-state index contributed by atoms with van der Waals surface area (Å²) in [5.74, 6) is 2.02. The quantitative estimate of drug-likeness (QED) is 0.550. The third kappa shape index (κ3) is 5.85. The van der Waals surface area contributed by atoms with E-state index in [0.29, 0.717) is 24.7 Å². The van der Waals surface area contributed by atoms with Crippen molar-refractivity contribution in [2.75, 3.05) is 19.7 Å². The zero-order valence-corrected chi connectivity index (χ0v) is 17.9. The molecule has 5 nitrogen and oxygen atoms in total. The van der Waals surface area contributed by atoms with Crippen molar-refractivity contribution in [2.24, 2.45) is 5.92 Å². The van der Waals surface area contributed by atoms with Crippen molar-refractivity contribution >= 4 is 5.91 Å². The maximum atomic E-state index is 13.1. The van der Waals surface area contributed by atoms with Crippen LogP contribution in [0.1, 0.15) is 34.5 Å². The second-order valence-corrected chi connectivity index (χ2v) is 8.01. The van der Waals surface area contributed by atoms with Crippen LogP contribution in [0.4, 0.5) is 0 Å². The molecule has 1 amide bonds. The summed E-state index contributed by atoms with van der Waals surface area (Å²) in [6, 6.07) is 21.4. The fourth-order valence-corrected chi connectivity index (χ4v) is 3.80. The number of nitrogens with zero attached hydrogens (tertiary/aromatic N) is 2. The molecule has 3 aromatic rings. The molecule has 0 N–H and O–H groups in total. The molecule has 4 rings (SSSR count). The highest BCUT2D eigenvalue weighted by Crippen LogP contribution is 2.21. The number of likely N-dealkylation sites (tertiary alicyclic amines) is 1. The number of ether oxygens (including phenoxy) is 2. The molecule has 0 bridgehead atoms. The van der Waals surface area contributed by atoms with Gasteiger partial charge in [0.25, 0.3) is 5.91 Å². The molecule has 0 spiro atoms. The molecule has 1 unspecified atom stereocenters. The zero-order chi connectivity index (χ0) is 21.5. The minimum atomic E-state index is 0.0725. The van der Waals surface area contributed by atoms with Crippen molar-refractivity contribution in [2.45, 2.75) is 26.4 Å². The molecule has 0 aliphatic carbocycles. The van der Waals surface area contributed by atoms with E-state index in [1.54, 1.807) is 6.20 Å². The maximum Gasteiger partial charge on any atom is 0.253 e. The molecule has 31 heavy (non-hydrogen) atoms. The van der Waals surface area contributed by atoms with E-state index >= 15 is 0 Å². The summed E-state index contributed by atoms with van der Waals surface area (Å²) in [5, 5.41) is 0. The van der Waals surface area contributed by atoms with E-state index < -0.39 is 0 Å². The standard InChI is InChI=1S/C26H28N2O3/c1-20-12-13-25(16-27-20)31-18-21-7-5-9-23(15-21)26(29)28-14-6-8-22(17-28)19-30-24-10-3-2-4-11-24/h2-5,7,9-13,15-16,22H,6,8,14,17-19H2,1H3. The number of piperidine rings is 1. The van der Waals surface area contributed by atoms with E-state index in [2.05, 4.69) is 4.98 Å². The van der Waals surface area contributed by atoms with Crippen LogP contribution >= 0.6 is 0 Å². The molecule has 1 atom stereocenters. The largest absolute Gasteiger partial charge is 0.493 e. The summed E-state index contributed by atoms with van der Waals surface area (Å²) in [7, 11) is 0. The molecule has 2 aromatic carbocycles. The van der Waals surface area contributed by atoms with Crippen molar-refractivity contribution in [1.82, 2.24) is 9.88 Å². The van der Waals surface area contributed by atoms with Gasteiger partial charge in [-0.15, -0.1) is 0 Å². The average Bonchev–Trinajstić information content (AvgIpc) is 2.83. The average molecular weight is 417 g/mol. The number of hydrogen-bond donors (Lipinski definition) is 0. The number of pyridine rings is 1. The first-order valence-corrected chi connectivity index (χ1v) is 10.8. The van der Waals surface area contributed by atoms with Crippen LogP contribution < -0.4 is 9.47 Å². The van der Waals surface area contributed by atoms with Crippen LogP contribution in [0, 0.1) is 12.8 Å². The smallest absolute Gasteiger partial charge is 0.253 e. The van der Waals surface area contributed by atoms with Gasteiger partial charge in [-0.2, -0.15) is 0 Å². The number of hydrogen-bond acceptors (Lipinski definition) is 4. The summed E-state index contributed by atoms with van der Waals surface area (Å²) >= 11 is 0. The molecule has 1 aliphatic heterocycles. The Balaban J connectivity index is 1.33. The molecular weight excluding hydrogens is 388 g/mol. The van der Waals surface area contributed by atoms with Gasteiger partial charge in [0, 0.05) is 30.3 Å². The molecule has 1 aliphatic rings. The number of amides is 1. The highest BCUT2D eigenvalue weighted by atomic mass is 16.5. The van der Waals surface area contributed by atoms with Crippen LogP contribution in [-0.4, -0.2) is 35.5 Å². The molecule has 0 saturated carbocycles. The second-order valence-electron chi connectivity index (χ2n) is 8.01. The van der Waals surface area contributed by atoms with Gasteiger partial charge in [-0.25, -0.2) is 0 Å². The Morgan fingerprint density at radius 2 is 1.90 bits per heavy atom. The lowest BCUT2D eigenvalue weighted by atomic mass is 9.98. The molecule has 160 valence electrons. The molecule has 1 fully saturated rings. The normalized spacial score (nSPS) is 16.0. The van der Waals surface area contributed by atoms with E-state index in [4.69, 9.17) is 9.47 Å². The number of carbonyl (C=O) groups excluding carboxylic acids is 1. The van der Waals surface area contributed by atoms with Gasteiger partial charge in [0.1, 0.15) is 18.1 Å². The van der Waals surface area contributed by atoms with Gasteiger partial charge < -0.3 is 14.4 Å². The predicted molar refractivity (Wildman–Crippen MR) is 120 cm³/mol. The first-order valence-electron chi connectivity index (χ1n) is 10.8. The minimum Gasteiger partial charge on any atom is -0.493 e. The fraction of sp³-hybridized carbons (Fsp3) is 0.308. The van der Waals surface area contributed by atoms with Gasteiger partial charge in [0.05, 0.1) is 12.8 Å². The third-order valence-electron chi connectivity index (χ3n) is 5.50. The number of carbonyl (C=O) groups is 1. The van der Waals surface area contributed by atoms with Crippen LogP contribution in [0.15, 0.2) is 72.9 Å². The number of para-hydroxylation sites is 1. The molecular formula is C26H28N2O3. The van der Waals surface area contributed by atoms with Crippen molar-refractivity contribution in [1.29, 1.82) is 0 Å². The van der Waals surface area contributed by atoms with Crippen LogP contribution in [0.25, 0.3) is 0 Å². The summed E-state index contributed by atoms with van der Waals surface area (Å²) < 4.78 is 11.7. The van der Waals surface area contributed by atoms with Crippen molar-refractivity contribution in [3.05, 3.63) is 89.7 Å². The number of rotatable bonds is 7. The Labute approximate surface area is 183 Å². The predicted octanol–water partition coefficient (Wildman–Crippen LogP) is 4.90. The van der Waals surface area contributed by atoms with Crippen molar-refractivity contribution in [3.8, 4) is 11.5 Å². The van der Waals surface area contributed by atoms with Gasteiger partial charge in [-0.1, -0.05) is 30.3 Å². The van der Waals surface area contributed by atoms with Crippen LogP contribution in [0.5, 0.6) is 11.5 Å². The third-order valence-corrected chi connectivity index (χ3v) is 5.50. The molecule has 0 radical (unpaired) electrons. The molecule has 5 heteroatoms. The lowest BCUT2D eigenvalue weighted by Gasteiger charge is -2.32. The zero-order valence-electron chi connectivity index (χ0n) is 17.9. The Morgan fingerprint density at radius 1 is 1.03 bits per heavy atom. The van der Waals surface area contributed by atoms with E-state index in [9.17, 15) is 4.79 Å². The van der Waals surface area contributed by atoms with E-state index in [-0.39, 0.29) is 5.91 Å². The molecule has 2 heterocycles. The molecule has 1 saturated heterocycles. The Hall–Kier alpha value is -3.34. The Kier molecular flexibility index (Phi) is 6.82. The topological polar surface area (TPSA) is 51.7 Å². The van der Waals surface area contributed by atoms with E-state index in [1.165, 1.54) is 0 Å². The number of aromatic nitrogens is 1. The van der Waals surface area contributed by atoms with Gasteiger partial charge in [-0.3, -0.25) is 9.78 Å². The second kappa shape index (κ2) is 10.1. The number of benzene rings is 2. The maximum absolute atomic E-state index is 13.1. The van der Waals surface area contributed by atoms with E-state index in [1.807, 2.05) is 78.6 Å². The lowest BCUT2D eigenvalue weighted by molar-refractivity contribution is 0.0633. The van der Waals surface area contributed by atoms with Gasteiger partial charge in [-0.05, 0) is 61.7 Å².